The smallest absolute Gasteiger partial charge is 0.188 e. The Bertz CT molecular complexity index is 112. The molecular formula is C8H14OS. The Morgan fingerprint density at radius 3 is 3.00 bits per heavy atom. The maximum atomic E-state index is 10.8. The van der Waals surface area contributed by atoms with Crippen LogP contribution >= 0.6 is 11.8 Å². The molecule has 0 N–H and O–H groups in total. The van der Waals surface area contributed by atoms with Crippen LogP contribution in [0, 0.1) is 5.92 Å². The number of carbonyl (C=O) groups excluding carboxylic acids is 1. The standard InChI is InChI=1S/C8H14OS/c1-2-3-7-4-5-8(9)10-6-7/h7H,2-6H2,1H3. The molecule has 1 rings (SSSR count). The van der Waals surface area contributed by atoms with Gasteiger partial charge in [0.15, 0.2) is 5.12 Å². The lowest BCUT2D eigenvalue weighted by Gasteiger charge is -2.18. The summed E-state index contributed by atoms with van der Waals surface area (Å²) >= 11 is 1.53. The van der Waals surface area contributed by atoms with Crippen molar-refractivity contribution in [1.82, 2.24) is 0 Å². The van der Waals surface area contributed by atoms with E-state index in [1.807, 2.05) is 0 Å². The summed E-state index contributed by atoms with van der Waals surface area (Å²) in [7, 11) is 0. The topological polar surface area (TPSA) is 17.1 Å². The minimum atomic E-state index is 0.396. The third-order valence-corrected chi connectivity index (χ3v) is 3.10. The van der Waals surface area contributed by atoms with Crippen molar-refractivity contribution in [1.29, 1.82) is 0 Å². The molecule has 0 saturated carbocycles. The Morgan fingerprint density at radius 2 is 2.50 bits per heavy atom. The van der Waals surface area contributed by atoms with Gasteiger partial charge in [-0.3, -0.25) is 4.79 Å². The molecular weight excluding hydrogens is 144 g/mol. The Balaban J connectivity index is 2.19. The highest BCUT2D eigenvalue weighted by Gasteiger charge is 2.17. The Morgan fingerprint density at radius 1 is 1.70 bits per heavy atom. The van der Waals surface area contributed by atoms with Gasteiger partial charge in [0.2, 0.25) is 0 Å². The number of carbonyl (C=O) groups is 1. The van der Waals surface area contributed by atoms with E-state index in [9.17, 15) is 4.79 Å². The van der Waals surface area contributed by atoms with Gasteiger partial charge in [0.05, 0.1) is 0 Å². The summed E-state index contributed by atoms with van der Waals surface area (Å²) in [5.74, 6) is 1.90. The first-order valence-corrected chi connectivity index (χ1v) is 4.97. The number of hydrogen-bond acceptors (Lipinski definition) is 2. The van der Waals surface area contributed by atoms with Crippen LogP contribution in [0.5, 0.6) is 0 Å². The maximum absolute atomic E-state index is 10.8. The fourth-order valence-corrected chi connectivity index (χ4v) is 2.34. The van der Waals surface area contributed by atoms with Gasteiger partial charge in [0.1, 0.15) is 0 Å². The average Bonchev–Trinajstić information content (AvgIpc) is 1.95. The third-order valence-electron chi connectivity index (χ3n) is 1.93. The Hall–Kier alpha value is 0.0200. The molecule has 0 aromatic rings. The van der Waals surface area contributed by atoms with E-state index < -0.39 is 0 Å². The van der Waals surface area contributed by atoms with Crippen molar-refractivity contribution in [2.45, 2.75) is 32.6 Å². The molecule has 1 aliphatic heterocycles. The second kappa shape index (κ2) is 4.02. The SMILES string of the molecule is CCCC1CCC(=O)SC1. The van der Waals surface area contributed by atoms with Crippen molar-refractivity contribution in [2.24, 2.45) is 5.92 Å². The maximum Gasteiger partial charge on any atom is 0.188 e. The summed E-state index contributed by atoms with van der Waals surface area (Å²) in [5.41, 5.74) is 0. The summed E-state index contributed by atoms with van der Waals surface area (Å²) in [6.07, 6.45) is 4.52. The molecule has 1 aliphatic rings. The molecule has 0 radical (unpaired) electrons. The number of thioether (sulfide) groups is 1. The van der Waals surface area contributed by atoms with Crippen LogP contribution in [0.2, 0.25) is 0 Å². The van der Waals surface area contributed by atoms with Crippen molar-refractivity contribution in [3.63, 3.8) is 0 Å². The number of hydrogen-bond donors (Lipinski definition) is 0. The molecule has 1 heterocycles. The van der Waals surface area contributed by atoms with E-state index in [-0.39, 0.29) is 0 Å². The van der Waals surface area contributed by atoms with Crippen LogP contribution in [0.25, 0.3) is 0 Å². The van der Waals surface area contributed by atoms with Crippen LogP contribution < -0.4 is 0 Å². The van der Waals surface area contributed by atoms with Crippen molar-refractivity contribution in [3.05, 3.63) is 0 Å². The van der Waals surface area contributed by atoms with E-state index in [2.05, 4.69) is 6.92 Å². The summed E-state index contributed by atoms with van der Waals surface area (Å²) in [6, 6.07) is 0. The van der Waals surface area contributed by atoms with Gasteiger partial charge in [-0.2, -0.15) is 0 Å². The van der Waals surface area contributed by atoms with Gasteiger partial charge in [0.25, 0.3) is 0 Å². The van der Waals surface area contributed by atoms with Crippen LogP contribution in [-0.2, 0) is 4.79 Å². The second-order valence-electron chi connectivity index (χ2n) is 2.88. The molecule has 58 valence electrons. The van der Waals surface area contributed by atoms with Crippen LogP contribution in [0.15, 0.2) is 0 Å². The highest BCUT2D eigenvalue weighted by molar-refractivity contribution is 8.13. The highest BCUT2D eigenvalue weighted by atomic mass is 32.2. The minimum absolute atomic E-state index is 0.396. The van der Waals surface area contributed by atoms with Crippen LogP contribution in [0.4, 0.5) is 0 Å². The Kier molecular flexibility index (Phi) is 3.26. The van der Waals surface area contributed by atoms with Gasteiger partial charge in [-0.1, -0.05) is 25.1 Å². The van der Waals surface area contributed by atoms with E-state index >= 15 is 0 Å². The van der Waals surface area contributed by atoms with Crippen molar-refractivity contribution in [2.75, 3.05) is 5.75 Å². The predicted molar refractivity (Wildman–Crippen MR) is 45.1 cm³/mol. The lowest BCUT2D eigenvalue weighted by Crippen LogP contribution is -2.13. The van der Waals surface area contributed by atoms with Gasteiger partial charge in [-0.15, -0.1) is 0 Å². The average molecular weight is 158 g/mol. The van der Waals surface area contributed by atoms with Gasteiger partial charge in [-0.05, 0) is 18.8 Å². The van der Waals surface area contributed by atoms with Crippen molar-refractivity contribution >= 4 is 16.9 Å². The highest BCUT2D eigenvalue weighted by Crippen LogP contribution is 2.26. The first-order valence-electron chi connectivity index (χ1n) is 3.98. The molecule has 1 saturated heterocycles. The quantitative estimate of drug-likeness (QED) is 0.614. The van der Waals surface area contributed by atoms with Crippen LogP contribution in [-0.4, -0.2) is 10.9 Å². The second-order valence-corrected chi connectivity index (χ2v) is 3.95. The molecule has 1 nitrogen and oxygen atoms in total. The normalized spacial score (nSPS) is 26.9. The van der Waals surface area contributed by atoms with E-state index in [1.54, 1.807) is 0 Å². The van der Waals surface area contributed by atoms with E-state index in [0.717, 1.165) is 24.5 Å². The molecule has 1 fully saturated rings. The molecule has 0 aliphatic carbocycles. The molecule has 0 spiro atoms. The van der Waals surface area contributed by atoms with Crippen LogP contribution in [0.1, 0.15) is 32.6 Å². The monoisotopic (exact) mass is 158 g/mol. The van der Waals surface area contributed by atoms with E-state index in [4.69, 9.17) is 0 Å². The molecule has 0 bridgehead atoms. The molecule has 1 atom stereocenters. The lowest BCUT2D eigenvalue weighted by molar-refractivity contribution is -0.111. The summed E-state index contributed by atoms with van der Waals surface area (Å²) < 4.78 is 0. The summed E-state index contributed by atoms with van der Waals surface area (Å²) in [6.45, 7) is 2.21. The number of rotatable bonds is 2. The fourth-order valence-electron chi connectivity index (χ4n) is 1.32. The van der Waals surface area contributed by atoms with Crippen molar-refractivity contribution < 1.29 is 4.79 Å². The van der Waals surface area contributed by atoms with Gasteiger partial charge in [-0.25, -0.2) is 0 Å². The zero-order chi connectivity index (χ0) is 7.40. The minimum Gasteiger partial charge on any atom is -0.287 e. The zero-order valence-electron chi connectivity index (χ0n) is 6.43. The first-order chi connectivity index (χ1) is 4.83. The summed E-state index contributed by atoms with van der Waals surface area (Å²) in [5, 5.41) is 0.396. The van der Waals surface area contributed by atoms with Crippen LogP contribution in [0.3, 0.4) is 0 Å². The third kappa shape index (κ3) is 2.33. The van der Waals surface area contributed by atoms with E-state index in [1.165, 1.54) is 24.6 Å². The summed E-state index contributed by atoms with van der Waals surface area (Å²) in [4.78, 5) is 10.8. The lowest BCUT2D eigenvalue weighted by atomic mass is 10.0. The zero-order valence-corrected chi connectivity index (χ0v) is 7.25. The molecule has 0 aromatic carbocycles. The predicted octanol–water partition coefficient (Wildman–Crippen LogP) is 2.46. The van der Waals surface area contributed by atoms with Gasteiger partial charge < -0.3 is 0 Å². The largest absolute Gasteiger partial charge is 0.287 e. The first kappa shape index (κ1) is 8.12. The fraction of sp³-hybridized carbons (Fsp3) is 0.875. The van der Waals surface area contributed by atoms with Gasteiger partial charge >= 0.3 is 0 Å². The molecule has 0 aromatic heterocycles. The molecule has 2 heteroatoms. The van der Waals surface area contributed by atoms with Crippen molar-refractivity contribution in [3.8, 4) is 0 Å². The Labute approximate surface area is 66.6 Å². The molecule has 10 heavy (non-hydrogen) atoms. The molecule has 0 amide bonds. The van der Waals surface area contributed by atoms with E-state index in [0.29, 0.717) is 5.12 Å². The van der Waals surface area contributed by atoms with Gasteiger partial charge in [0, 0.05) is 12.2 Å². The molecule has 1 unspecified atom stereocenters.